The van der Waals surface area contributed by atoms with Crippen molar-refractivity contribution in [2.75, 3.05) is 10.8 Å². The van der Waals surface area contributed by atoms with Crippen molar-refractivity contribution in [2.24, 2.45) is 11.0 Å². The molecule has 1 atom stereocenters. The summed E-state index contributed by atoms with van der Waals surface area (Å²) >= 11 is 1.67. The van der Waals surface area contributed by atoms with E-state index >= 15 is 0 Å². The molecule has 2 aliphatic rings. The number of fused-ring (bicyclic) bond motifs is 3. The van der Waals surface area contributed by atoms with Crippen molar-refractivity contribution in [3.63, 3.8) is 0 Å². The van der Waals surface area contributed by atoms with Crippen molar-refractivity contribution in [3.8, 4) is 0 Å². The number of rotatable bonds is 2. The van der Waals surface area contributed by atoms with Crippen LogP contribution in [0.4, 0.5) is 5.69 Å². The predicted molar refractivity (Wildman–Crippen MR) is 99.4 cm³/mol. The first-order valence-electron chi connectivity index (χ1n) is 8.13. The highest BCUT2D eigenvalue weighted by molar-refractivity contribution is 7.99. The molecular weight excluding hydrogens is 336 g/mol. The Bertz CT molecular complexity index is 846. The van der Waals surface area contributed by atoms with E-state index in [1.54, 1.807) is 23.9 Å². The Morgan fingerprint density at radius 1 is 1.16 bits per heavy atom. The fourth-order valence-corrected chi connectivity index (χ4v) is 3.94. The highest BCUT2D eigenvalue weighted by Crippen LogP contribution is 2.38. The standard InChI is InChI=1S/C17H12N2O3S.C2H6/c20-16-13-9-23-14-4-2-1-3-12(14)15(13)18-19(16)11-7-5-10(6-8-11)17(21)22;1-2/h1-8,13H,9H2,(H,21,22);1-2H3. The zero-order chi connectivity index (χ0) is 18.0. The summed E-state index contributed by atoms with van der Waals surface area (Å²) in [6.45, 7) is 4.00. The molecule has 0 spiro atoms. The van der Waals surface area contributed by atoms with Crippen molar-refractivity contribution < 1.29 is 14.7 Å². The maximum atomic E-state index is 12.7. The van der Waals surface area contributed by atoms with Gasteiger partial charge in [0, 0.05) is 16.2 Å². The largest absolute Gasteiger partial charge is 0.478 e. The first-order chi connectivity index (χ1) is 12.1. The Morgan fingerprint density at radius 3 is 2.52 bits per heavy atom. The second-order valence-corrected chi connectivity index (χ2v) is 6.41. The Kier molecular flexibility index (Phi) is 4.90. The molecule has 0 aliphatic carbocycles. The van der Waals surface area contributed by atoms with Gasteiger partial charge in [-0.1, -0.05) is 32.0 Å². The van der Waals surface area contributed by atoms with Crippen LogP contribution in [-0.4, -0.2) is 28.4 Å². The molecule has 0 saturated heterocycles. The lowest BCUT2D eigenvalue weighted by molar-refractivity contribution is -0.119. The van der Waals surface area contributed by atoms with E-state index < -0.39 is 5.97 Å². The second-order valence-electron chi connectivity index (χ2n) is 5.35. The smallest absolute Gasteiger partial charge is 0.335 e. The number of amides is 1. The van der Waals surface area contributed by atoms with Gasteiger partial charge < -0.3 is 5.11 Å². The Hall–Kier alpha value is -2.60. The summed E-state index contributed by atoms with van der Waals surface area (Å²) in [5.41, 5.74) is 2.58. The number of aromatic carboxylic acids is 1. The van der Waals surface area contributed by atoms with Gasteiger partial charge in [-0.2, -0.15) is 10.1 Å². The van der Waals surface area contributed by atoms with Crippen LogP contribution in [0.15, 0.2) is 58.5 Å². The average Bonchev–Trinajstić information content (AvgIpc) is 3.01. The molecule has 4 rings (SSSR count). The fourth-order valence-electron chi connectivity index (χ4n) is 2.79. The highest BCUT2D eigenvalue weighted by Gasteiger charge is 2.40. The average molecular weight is 354 g/mol. The van der Waals surface area contributed by atoms with Crippen molar-refractivity contribution >= 4 is 35.0 Å². The van der Waals surface area contributed by atoms with Crippen LogP contribution in [0, 0.1) is 5.92 Å². The van der Waals surface area contributed by atoms with Gasteiger partial charge in [-0.25, -0.2) is 4.79 Å². The minimum absolute atomic E-state index is 0.0647. The third-order valence-electron chi connectivity index (χ3n) is 3.97. The van der Waals surface area contributed by atoms with Crippen LogP contribution in [0.25, 0.3) is 0 Å². The topological polar surface area (TPSA) is 70.0 Å². The van der Waals surface area contributed by atoms with Crippen LogP contribution in [0.2, 0.25) is 0 Å². The lowest BCUT2D eigenvalue weighted by atomic mass is 9.98. The molecule has 2 aromatic rings. The fraction of sp³-hybridized carbons (Fsp3) is 0.211. The SMILES string of the molecule is CC.O=C(O)c1ccc(N2N=C3c4ccccc4SCC3C2=O)cc1. The molecule has 1 unspecified atom stereocenters. The summed E-state index contributed by atoms with van der Waals surface area (Å²) in [6.07, 6.45) is 0. The zero-order valence-electron chi connectivity index (χ0n) is 14.0. The first kappa shape index (κ1) is 17.2. The molecule has 1 amide bonds. The van der Waals surface area contributed by atoms with Crippen LogP contribution < -0.4 is 5.01 Å². The molecule has 0 radical (unpaired) electrons. The van der Waals surface area contributed by atoms with Gasteiger partial charge in [0.05, 0.1) is 22.9 Å². The second kappa shape index (κ2) is 7.11. The third kappa shape index (κ3) is 3.05. The van der Waals surface area contributed by atoms with Gasteiger partial charge in [-0.3, -0.25) is 4.79 Å². The maximum absolute atomic E-state index is 12.7. The summed E-state index contributed by atoms with van der Waals surface area (Å²) < 4.78 is 0. The van der Waals surface area contributed by atoms with Gasteiger partial charge >= 0.3 is 5.97 Å². The summed E-state index contributed by atoms with van der Waals surface area (Å²) in [6, 6.07) is 14.1. The quantitative estimate of drug-likeness (QED) is 0.888. The Balaban J connectivity index is 0.000000880. The zero-order valence-corrected chi connectivity index (χ0v) is 14.8. The first-order valence-corrected chi connectivity index (χ1v) is 9.12. The lowest BCUT2D eigenvalue weighted by Crippen LogP contribution is -2.31. The summed E-state index contributed by atoms with van der Waals surface area (Å²) in [4.78, 5) is 24.7. The van der Waals surface area contributed by atoms with E-state index in [9.17, 15) is 9.59 Å². The van der Waals surface area contributed by atoms with E-state index in [-0.39, 0.29) is 17.4 Å². The molecular formula is C19H18N2O3S. The molecule has 0 bridgehead atoms. The third-order valence-corrected chi connectivity index (χ3v) is 5.14. The van der Waals surface area contributed by atoms with E-state index in [1.807, 2.05) is 38.1 Å². The Morgan fingerprint density at radius 2 is 1.84 bits per heavy atom. The number of anilines is 1. The number of thioether (sulfide) groups is 1. The van der Waals surface area contributed by atoms with Crippen molar-refractivity contribution in [1.82, 2.24) is 0 Å². The van der Waals surface area contributed by atoms with Crippen LogP contribution in [-0.2, 0) is 4.79 Å². The lowest BCUT2D eigenvalue weighted by Gasteiger charge is -2.19. The maximum Gasteiger partial charge on any atom is 0.335 e. The van der Waals surface area contributed by atoms with E-state index in [0.29, 0.717) is 11.4 Å². The number of carboxylic acids is 1. The summed E-state index contributed by atoms with van der Waals surface area (Å²) in [5.74, 6) is -0.619. The van der Waals surface area contributed by atoms with Crippen LogP contribution in [0.1, 0.15) is 29.8 Å². The molecule has 1 N–H and O–H groups in total. The molecule has 5 nitrogen and oxygen atoms in total. The molecule has 2 aromatic carbocycles. The normalized spacial score (nSPS) is 17.8. The van der Waals surface area contributed by atoms with Gasteiger partial charge in [0.25, 0.3) is 5.91 Å². The summed E-state index contributed by atoms with van der Waals surface area (Å²) in [7, 11) is 0. The van der Waals surface area contributed by atoms with Gasteiger partial charge in [-0.15, -0.1) is 11.8 Å². The predicted octanol–water partition coefficient (Wildman–Crippen LogP) is 3.88. The minimum Gasteiger partial charge on any atom is -0.478 e. The van der Waals surface area contributed by atoms with Crippen LogP contribution in [0.5, 0.6) is 0 Å². The van der Waals surface area contributed by atoms with Gasteiger partial charge in [0.1, 0.15) is 0 Å². The number of hydrazone groups is 1. The molecule has 25 heavy (non-hydrogen) atoms. The molecule has 0 aromatic heterocycles. The van der Waals surface area contributed by atoms with Crippen molar-refractivity contribution in [2.45, 2.75) is 18.7 Å². The summed E-state index contributed by atoms with van der Waals surface area (Å²) in [5, 5.41) is 14.9. The highest BCUT2D eigenvalue weighted by atomic mass is 32.2. The van der Waals surface area contributed by atoms with E-state index in [4.69, 9.17) is 5.11 Å². The number of benzene rings is 2. The number of carbonyl (C=O) groups is 2. The van der Waals surface area contributed by atoms with E-state index in [1.165, 1.54) is 17.1 Å². The minimum atomic E-state index is -0.991. The molecule has 0 fully saturated rings. The molecule has 2 heterocycles. The van der Waals surface area contributed by atoms with Gasteiger partial charge in [-0.05, 0) is 30.3 Å². The van der Waals surface area contributed by atoms with Gasteiger partial charge in [0.15, 0.2) is 0 Å². The van der Waals surface area contributed by atoms with Crippen molar-refractivity contribution in [1.29, 1.82) is 0 Å². The molecule has 128 valence electrons. The number of hydrogen-bond donors (Lipinski definition) is 1. The monoisotopic (exact) mass is 354 g/mol. The van der Waals surface area contributed by atoms with Crippen LogP contribution in [0.3, 0.4) is 0 Å². The van der Waals surface area contributed by atoms with Gasteiger partial charge in [0.2, 0.25) is 0 Å². The molecule has 6 heteroatoms. The molecule has 2 aliphatic heterocycles. The number of carboxylic acid groups (broad SMARTS) is 1. The number of nitrogens with zero attached hydrogens (tertiary/aromatic N) is 2. The molecule has 0 saturated carbocycles. The van der Waals surface area contributed by atoms with Crippen LogP contribution >= 0.6 is 11.8 Å². The number of carbonyl (C=O) groups excluding carboxylic acids is 1. The van der Waals surface area contributed by atoms with Crippen molar-refractivity contribution in [3.05, 3.63) is 59.7 Å². The van der Waals surface area contributed by atoms with E-state index in [2.05, 4.69) is 5.10 Å². The Labute approximate surface area is 150 Å². The number of hydrogen-bond acceptors (Lipinski definition) is 4. The van der Waals surface area contributed by atoms with E-state index in [0.717, 1.165) is 16.2 Å².